The van der Waals surface area contributed by atoms with Gasteiger partial charge in [-0.1, -0.05) is 12.1 Å². The molecule has 0 bridgehead atoms. The number of carbonyl (C=O) groups is 2. The van der Waals surface area contributed by atoms with E-state index in [9.17, 15) is 14.0 Å². The zero-order chi connectivity index (χ0) is 25.1. The van der Waals surface area contributed by atoms with Crippen LogP contribution in [0.5, 0.6) is 11.5 Å². The quantitative estimate of drug-likeness (QED) is 0.353. The van der Waals surface area contributed by atoms with Crippen LogP contribution in [0.2, 0.25) is 0 Å². The van der Waals surface area contributed by atoms with Gasteiger partial charge in [0.05, 0.1) is 6.04 Å². The minimum atomic E-state index is -0.962. The Kier molecular flexibility index (Phi) is 7.38. The zero-order valence-electron chi connectivity index (χ0n) is 20.5. The first-order chi connectivity index (χ1) is 15.8. The van der Waals surface area contributed by atoms with Crippen LogP contribution < -0.4 is 4.74 Å². The summed E-state index contributed by atoms with van der Waals surface area (Å²) in [6.45, 7) is 10.4. The molecule has 0 saturated heterocycles. The van der Waals surface area contributed by atoms with Gasteiger partial charge < -0.3 is 14.2 Å². The van der Waals surface area contributed by atoms with Gasteiger partial charge in [-0.25, -0.2) is 14.0 Å². The number of hydrogen-bond donors (Lipinski definition) is 0. The van der Waals surface area contributed by atoms with E-state index in [1.807, 2.05) is 24.3 Å². The molecular formula is C26H32FNO6. The smallest absolute Gasteiger partial charge is 0.457 e. The SMILES string of the molecule is CC(C)(C)OC(=O)ON(C(=O)OC(C)(C)C)[C@H]1C[C@@H](c2cccc(Oc3ccc(F)cc3)c2)C1. The van der Waals surface area contributed by atoms with Gasteiger partial charge in [0.2, 0.25) is 0 Å². The van der Waals surface area contributed by atoms with Crippen molar-refractivity contribution in [2.75, 3.05) is 0 Å². The Hall–Kier alpha value is -3.29. The third kappa shape index (κ3) is 7.37. The van der Waals surface area contributed by atoms with Gasteiger partial charge in [-0.15, -0.1) is 5.06 Å². The second kappa shape index (κ2) is 9.91. The molecular weight excluding hydrogens is 441 g/mol. The summed E-state index contributed by atoms with van der Waals surface area (Å²) < 4.78 is 29.6. The molecule has 8 heteroatoms. The highest BCUT2D eigenvalue weighted by molar-refractivity contribution is 5.70. The third-order valence-corrected chi connectivity index (χ3v) is 4.96. The lowest BCUT2D eigenvalue weighted by Crippen LogP contribution is -2.50. The Balaban J connectivity index is 1.67. The molecule has 34 heavy (non-hydrogen) atoms. The van der Waals surface area contributed by atoms with Crippen molar-refractivity contribution in [1.29, 1.82) is 0 Å². The molecule has 2 aromatic carbocycles. The molecule has 1 fully saturated rings. The second-order valence-electron chi connectivity index (χ2n) is 10.3. The fourth-order valence-electron chi connectivity index (χ4n) is 3.44. The van der Waals surface area contributed by atoms with E-state index in [4.69, 9.17) is 19.0 Å². The summed E-state index contributed by atoms with van der Waals surface area (Å²) in [6.07, 6.45) is -0.559. The monoisotopic (exact) mass is 473 g/mol. The molecule has 0 aliphatic heterocycles. The zero-order valence-corrected chi connectivity index (χ0v) is 20.5. The Morgan fingerprint density at radius 1 is 0.882 bits per heavy atom. The molecule has 0 heterocycles. The van der Waals surface area contributed by atoms with Crippen LogP contribution in [0, 0.1) is 5.82 Å². The first-order valence-corrected chi connectivity index (χ1v) is 11.3. The van der Waals surface area contributed by atoms with Crippen molar-refractivity contribution in [3.63, 3.8) is 0 Å². The van der Waals surface area contributed by atoms with E-state index >= 15 is 0 Å². The number of rotatable bonds is 4. The predicted molar refractivity (Wildman–Crippen MR) is 124 cm³/mol. The van der Waals surface area contributed by atoms with Crippen LogP contribution in [0.3, 0.4) is 0 Å². The largest absolute Gasteiger partial charge is 0.534 e. The van der Waals surface area contributed by atoms with E-state index in [2.05, 4.69) is 0 Å². The number of hydroxylamine groups is 2. The fourth-order valence-corrected chi connectivity index (χ4v) is 3.44. The maximum atomic E-state index is 13.1. The van der Waals surface area contributed by atoms with E-state index in [1.165, 1.54) is 12.1 Å². The Morgan fingerprint density at radius 2 is 1.50 bits per heavy atom. The van der Waals surface area contributed by atoms with Gasteiger partial charge in [0.25, 0.3) is 0 Å². The van der Waals surface area contributed by atoms with Gasteiger partial charge in [-0.05, 0) is 102 Å². The van der Waals surface area contributed by atoms with Crippen LogP contribution in [0.15, 0.2) is 48.5 Å². The number of halogens is 1. The lowest BCUT2D eigenvalue weighted by molar-refractivity contribution is -0.169. The van der Waals surface area contributed by atoms with Gasteiger partial charge >= 0.3 is 12.2 Å². The van der Waals surface area contributed by atoms with Crippen molar-refractivity contribution in [1.82, 2.24) is 5.06 Å². The number of nitrogens with zero attached hydrogens (tertiary/aromatic N) is 1. The molecule has 7 nitrogen and oxygen atoms in total. The highest BCUT2D eigenvalue weighted by Gasteiger charge is 2.42. The number of benzene rings is 2. The molecule has 0 atom stereocenters. The highest BCUT2D eigenvalue weighted by Crippen LogP contribution is 2.41. The normalized spacial score (nSPS) is 17.9. The van der Waals surface area contributed by atoms with Crippen LogP contribution in [0.1, 0.15) is 65.9 Å². The molecule has 0 unspecified atom stereocenters. The molecule has 2 aromatic rings. The van der Waals surface area contributed by atoms with Crippen molar-refractivity contribution in [2.45, 2.75) is 77.5 Å². The maximum Gasteiger partial charge on any atom is 0.534 e. The van der Waals surface area contributed by atoms with Crippen molar-refractivity contribution in [3.8, 4) is 11.5 Å². The molecule has 1 saturated carbocycles. The number of hydrogen-bond acceptors (Lipinski definition) is 6. The fraction of sp³-hybridized carbons (Fsp3) is 0.462. The third-order valence-electron chi connectivity index (χ3n) is 4.96. The van der Waals surface area contributed by atoms with E-state index in [1.54, 1.807) is 53.7 Å². The summed E-state index contributed by atoms with van der Waals surface area (Å²) in [4.78, 5) is 30.3. The molecule has 1 aliphatic rings. The molecule has 0 N–H and O–H groups in total. The summed E-state index contributed by atoms with van der Waals surface area (Å²) >= 11 is 0. The van der Waals surface area contributed by atoms with E-state index in [0.29, 0.717) is 24.3 Å². The van der Waals surface area contributed by atoms with Crippen LogP contribution in [0.4, 0.5) is 14.0 Å². The van der Waals surface area contributed by atoms with E-state index in [0.717, 1.165) is 10.6 Å². The lowest BCUT2D eigenvalue weighted by atomic mass is 9.75. The Morgan fingerprint density at radius 3 is 2.09 bits per heavy atom. The molecule has 0 spiro atoms. The standard InChI is InChI=1S/C26H32FNO6/c1-25(2,3)32-23(29)28(34-24(30)33-26(4,5)6)20-14-18(15-20)17-8-7-9-22(16-17)31-21-12-10-19(27)11-13-21/h7-13,16,18,20H,14-15H2,1-6H3/t18-,20+. The number of carbonyl (C=O) groups excluding carboxylic acids is 2. The van der Waals surface area contributed by atoms with Crippen LogP contribution in [-0.4, -0.2) is 34.6 Å². The van der Waals surface area contributed by atoms with Gasteiger partial charge in [-0.2, -0.15) is 0 Å². The summed E-state index contributed by atoms with van der Waals surface area (Å²) in [5.74, 6) is 0.965. The van der Waals surface area contributed by atoms with Gasteiger partial charge in [0, 0.05) is 0 Å². The lowest BCUT2D eigenvalue weighted by Gasteiger charge is -2.41. The van der Waals surface area contributed by atoms with Crippen molar-refractivity contribution in [3.05, 3.63) is 59.9 Å². The van der Waals surface area contributed by atoms with Gasteiger partial charge in [0.1, 0.15) is 28.5 Å². The summed E-state index contributed by atoms with van der Waals surface area (Å²) in [5, 5.41) is 0.981. The van der Waals surface area contributed by atoms with E-state index < -0.39 is 23.5 Å². The first-order valence-electron chi connectivity index (χ1n) is 11.3. The van der Waals surface area contributed by atoms with Crippen molar-refractivity contribution >= 4 is 12.2 Å². The molecule has 3 rings (SSSR count). The van der Waals surface area contributed by atoms with Crippen LogP contribution in [-0.2, 0) is 14.3 Å². The van der Waals surface area contributed by atoms with Crippen LogP contribution in [0.25, 0.3) is 0 Å². The topological polar surface area (TPSA) is 74.3 Å². The molecule has 1 amide bonds. The average Bonchev–Trinajstić information content (AvgIpc) is 2.65. The van der Waals surface area contributed by atoms with Crippen molar-refractivity contribution in [2.24, 2.45) is 0 Å². The van der Waals surface area contributed by atoms with Gasteiger partial charge in [0.15, 0.2) is 0 Å². The van der Waals surface area contributed by atoms with Crippen LogP contribution >= 0.6 is 0 Å². The Bertz CT molecular complexity index is 1000. The minimum Gasteiger partial charge on any atom is -0.457 e. The molecule has 0 aromatic heterocycles. The maximum absolute atomic E-state index is 13.1. The summed E-state index contributed by atoms with van der Waals surface area (Å²) in [7, 11) is 0. The Labute approximate surface area is 199 Å². The molecule has 184 valence electrons. The first kappa shape index (κ1) is 25.3. The minimum absolute atomic E-state index is 0.133. The highest BCUT2D eigenvalue weighted by atomic mass is 19.1. The van der Waals surface area contributed by atoms with E-state index in [-0.39, 0.29) is 17.8 Å². The molecule has 1 aliphatic carbocycles. The second-order valence-corrected chi connectivity index (χ2v) is 10.3. The molecule has 0 radical (unpaired) electrons. The number of amides is 1. The van der Waals surface area contributed by atoms with Crippen molar-refractivity contribution < 1.29 is 33.0 Å². The predicted octanol–water partition coefficient (Wildman–Crippen LogP) is 6.97. The summed E-state index contributed by atoms with van der Waals surface area (Å²) in [6, 6.07) is 13.0. The van der Waals surface area contributed by atoms with Gasteiger partial charge in [-0.3, -0.25) is 4.84 Å². The average molecular weight is 474 g/mol. The number of ether oxygens (including phenoxy) is 3. The summed E-state index contributed by atoms with van der Waals surface area (Å²) in [5.41, 5.74) is -0.483.